The normalized spacial score (nSPS) is 16.2. The van der Waals surface area contributed by atoms with E-state index in [1.54, 1.807) is 6.26 Å². The molecule has 19 heavy (non-hydrogen) atoms. The smallest absolute Gasteiger partial charge is 0.0897 e. The number of unbranched alkanes of at least 4 members (excludes halogenated alkanes) is 1. The van der Waals surface area contributed by atoms with Crippen molar-refractivity contribution >= 4 is 10.8 Å². The summed E-state index contributed by atoms with van der Waals surface area (Å²) in [7, 11) is -0.772. The minimum Gasteiger partial charge on any atom is -0.389 e. The second kappa shape index (κ2) is 13.0. The standard InChI is InChI=1S/C14H31NO3S/c1-4-6-7-13(5-2)11-18-12-14(16)10-15-8-9-19(3)17/h13-16H,4-12H2,1-3H3. The van der Waals surface area contributed by atoms with Gasteiger partial charge in [0, 0.05) is 42.5 Å². The number of ether oxygens (including phenoxy) is 1. The van der Waals surface area contributed by atoms with Gasteiger partial charge in [-0.1, -0.05) is 33.1 Å². The van der Waals surface area contributed by atoms with Crippen molar-refractivity contribution in [3.8, 4) is 0 Å². The second-order valence-electron chi connectivity index (χ2n) is 5.09. The highest BCUT2D eigenvalue weighted by atomic mass is 32.2. The predicted molar refractivity (Wildman–Crippen MR) is 81.9 cm³/mol. The van der Waals surface area contributed by atoms with Crippen molar-refractivity contribution in [1.82, 2.24) is 5.32 Å². The van der Waals surface area contributed by atoms with Crippen LogP contribution in [0.5, 0.6) is 0 Å². The van der Waals surface area contributed by atoms with Gasteiger partial charge in [-0.15, -0.1) is 0 Å². The van der Waals surface area contributed by atoms with Crippen LogP contribution in [0.1, 0.15) is 39.5 Å². The Morgan fingerprint density at radius 1 is 1.32 bits per heavy atom. The van der Waals surface area contributed by atoms with E-state index in [9.17, 15) is 9.32 Å². The van der Waals surface area contributed by atoms with Gasteiger partial charge < -0.3 is 15.2 Å². The third kappa shape index (κ3) is 12.8. The minimum absolute atomic E-state index is 0.380. The monoisotopic (exact) mass is 293 g/mol. The highest BCUT2D eigenvalue weighted by molar-refractivity contribution is 7.84. The van der Waals surface area contributed by atoms with Gasteiger partial charge in [-0.2, -0.15) is 0 Å². The summed E-state index contributed by atoms with van der Waals surface area (Å²) in [5.74, 6) is 1.24. The molecule has 0 heterocycles. The Hall–Kier alpha value is 0.0300. The first-order valence-electron chi connectivity index (χ1n) is 7.36. The van der Waals surface area contributed by atoms with Crippen LogP contribution < -0.4 is 5.32 Å². The molecule has 0 rings (SSSR count). The third-order valence-corrected chi connectivity index (χ3v) is 3.93. The van der Waals surface area contributed by atoms with Crippen LogP contribution in [0.15, 0.2) is 0 Å². The van der Waals surface area contributed by atoms with Crippen molar-refractivity contribution < 1.29 is 14.1 Å². The molecular formula is C14H31NO3S. The van der Waals surface area contributed by atoms with E-state index in [2.05, 4.69) is 19.2 Å². The van der Waals surface area contributed by atoms with Gasteiger partial charge in [0.05, 0.1) is 12.7 Å². The van der Waals surface area contributed by atoms with Crippen LogP contribution >= 0.6 is 0 Å². The number of aliphatic hydroxyl groups excluding tert-OH is 1. The molecule has 0 aromatic heterocycles. The topological polar surface area (TPSA) is 58.6 Å². The van der Waals surface area contributed by atoms with Crippen LogP contribution in [0.3, 0.4) is 0 Å². The quantitative estimate of drug-likeness (QED) is 0.506. The van der Waals surface area contributed by atoms with Crippen molar-refractivity contribution in [3.05, 3.63) is 0 Å². The summed E-state index contributed by atoms with van der Waals surface area (Å²) in [5.41, 5.74) is 0. The number of nitrogens with one attached hydrogen (secondary N) is 1. The average Bonchev–Trinajstić information content (AvgIpc) is 2.38. The molecule has 2 N–H and O–H groups in total. The molecule has 5 heteroatoms. The first-order chi connectivity index (χ1) is 9.10. The van der Waals surface area contributed by atoms with Gasteiger partial charge in [0.2, 0.25) is 0 Å². The average molecular weight is 293 g/mol. The lowest BCUT2D eigenvalue weighted by Gasteiger charge is -2.17. The summed E-state index contributed by atoms with van der Waals surface area (Å²) in [4.78, 5) is 0. The summed E-state index contributed by atoms with van der Waals surface area (Å²) in [6, 6.07) is 0. The van der Waals surface area contributed by atoms with E-state index >= 15 is 0 Å². The van der Waals surface area contributed by atoms with Gasteiger partial charge in [0.15, 0.2) is 0 Å². The third-order valence-electron chi connectivity index (χ3n) is 3.15. The lowest BCUT2D eigenvalue weighted by Crippen LogP contribution is -2.33. The summed E-state index contributed by atoms with van der Waals surface area (Å²) >= 11 is 0. The predicted octanol–water partition coefficient (Wildman–Crippen LogP) is 1.55. The van der Waals surface area contributed by atoms with E-state index < -0.39 is 16.9 Å². The molecule has 0 radical (unpaired) electrons. The molecule has 0 spiro atoms. The molecule has 0 saturated carbocycles. The van der Waals surface area contributed by atoms with E-state index in [4.69, 9.17) is 4.74 Å². The number of hydrogen-bond donors (Lipinski definition) is 2. The molecule has 0 aromatic rings. The minimum atomic E-state index is -0.772. The Balaban J connectivity index is 3.49. The second-order valence-corrected chi connectivity index (χ2v) is 6.64. The van der Waals surface area contributed by atoms with Crippen molar-refractivity contribution in [3.63, 3.8) is 0 Å². The van der Waals surface area contributed by atoms with Crippen LogP contribution in [0, 0.1) is 5.92 Å². The van der Waals surface area contributed by atoms with E-state index in [1.165, 1.54) is 19.3 Å². The highest BCUT2D eigenvalue weighted by Gasteiger charge is 2.08. The number of rotatable bonds is 13. The van der Waals surface area contributed by atoms with Crippen LogP contribution in [-0.2, 0) is 15.5 Å². The number of hydrogen-bond acceptors (Lipinski definition) is 4. The maximum atomic E-state index is 10.8. The maximum Gasteiger partial charge on any atom is 0.0897 e. The van der Waals surface area contributed by atoms with E-state index in [1.807, 2.05) is 0 Å². The molecule has 0 bridgehead atoms. The molecule has 3 unspecified atom stereocenters. The van der Waals surface area contributed by atoms with Crippen LogP contribution in [-0.4, -0.2) is 53.7 Å². The lowest BCUT2D eigenvalue weighted by atomic mass is 10.0. The Bertz CT molecular complexity index is 227. The van der Waals surface area contributed by atoms with Gasteiger partial charge in [-0.3, -0.25) is 4.21 Å². The van der Waals surface area contributed by atoms with Crippen LogP contribution in [0.2, 0.25) is 0 Å². The first-order valence-corrected chi connectivity index (χ1v) is 9.09. The Morgan fingerprint density at radius 3 is 2.63 bits per heavy atom. The van der Waals surface area contributed by atoms with Crippen LogP contribution in [0.25, 0.3) is 0 Å². The highest BCUT2D eigenvalue weighted by Crippen LogP contribution is 2.12. The fourth-order valence-electron chi connectivity index (χ4n) is 1.81. The summed E-state index contributed by atoms with van der Waals surface area (Å²) < 4.78 is 16.4. The zero-order valence-electron chi connectivity index (χ0n) is 12.7. The molecule has 0 aromatic carbocycles. The Morgan fingerprint density at radius 2 is 2.05 bits per heavy atom. The zero-order chi connectivity index (χ0) is 14.5. The molecule has 0 amide bonds. The Kier molecular flexibility index (Phi) is 13.1. The Labute approximate surface area is 120 Å². The fourth-order valence-corrected chi connectivity index (χ4v) is 2.24. The molecule has 0 aliphatic carbocycles. The van der Waals surface area contributed by atoms with Gasteiger partial charge >= 0.3 is 0 Å². The van der Waals surface area contributed by atoms with E-state index in [0.717, 1.165) is 13.0 Å². The molecule has 116 valence electrons. The van der Waals surface area contributed by atoms with Gasteiger partial charge in [0.1, 0.15) is 0 Å². The summed E-state index contributed by atoms with van der Waals surface area (Å²) in [5, 5.41) is 12.8. The zero-order valence-corrected chi connectivity index (χ0v) is 13.5. The lowest BCUT2D eigenvalue weighted by molar-refractivity contribution is 0.0196. The van der Waals surface area contributed by atoms with Gasteiger partial charge in [-0.25, -0.2) is 0 Å². The van der Waals surface area contributed by atoms with Crippen molar-refractivity contribution in [2.45, 2.75) is 45.6 Å². The molecule has 4 nitrogen and oxygen atoms in total. The summed E-state index contributed by atoms with van der Waals surface area (Å²) in [6.07, 6.45) is 6.03. The number of aliphatic hydroxyl groups is 1. The largest absolute Gasteiger partial charge is 0.389 e. The molecule has 0 aliphatic heterocycles. The van der Waals surface area contributed by atoms with Crippen molar-refractivity contribution in [2.75, 3.05) is 38.3 Å². The van der Waals surface area contributed by atoms with Crippen molar-refractivity contribution in [2.24, 2.45) is 5.92 Å². The molecule has 3 atom stereocenters. The van der Waals surface area contributed by atoms with E-state index in [-0.39, 0.29) is 0 Å². The maximum absolute atomic E-state index is 10.8. The van der Waals surface area contributed by atoms with Crippen molar-refractivity contribution in [1.29, 1.82) is 0 Å². The molecular weight excluding hydrogens is 262 g/mol. The first kappa shape index (κ1) is 19.0. The van der Waals surface area contributed by atoms with E-state index in [0.29, 0.717) is 31.4 Å². The van der Waals surface area contributed by atoms with Crippen LogP contribution in [0.4, 0.5) is 0 Å². The molecule has 0 aliphatic rings. The van der Waals surface area contributed by atoms with Gasteiger partial charge in [-0.05, 0) is 12.3 Å². The molecule has 0 saturated heterocycles. The van der Waals surface area contributed by atoms with Gasteiger partial charge in [0.25, 0.3) is 0 Å². The fraction of sp³-hybridized carbons (Fsp3) is 1.00. The molecule has 0 fully saturated rings. The summed E-state index contributed by atoms with van der Waals surface area (Å²) in [6.45, 7) is 6.69. The SMILES string of the molecule is CCCCC(CC)COCC(O)CNCCS(C)=O.